The van der Waals surface area contributed by atoms with Crippen molar-refractivity contribution in [1.82, 2.24) is 10.2 Å². The maximum atomic E-state index is 13.9. The molecule has 1 aliphatic rings. The van der Waals surface area contributed by atoms with E-state index < -0.39 is 17.8 Å². The first-order valence-electron chi connectivity index (χ1n) is 6.48. The van der Waals surface area contributed by atoms with E-state index in [-0.39, 0.29) is 18.0 Å². The van der Waals surface area contributed by atoms with E-state index in [9.17, 15) is 13.6 Å². The van der Waals surface area contributed by atoms with Gasteiger partial charge in [0.1, 0.15) is 17.8 Å². The molecule has 0 spiro atoms. The molecule has 1 aliphatic heterocycles. The van der Waals surface area contributed by atoms with E-state index >= 15 is 0 Å². The Hall–Kier alpha value is -1.49. The van der Waals surface area contributed by atoms with E-state index in [2.05, 4.69) is 5.32 Å². The van der Waals surface area contributed by atoms with Gasteiger partial charge in [0.25, 0.3) is 0 Å². The number of nitrogens with zero attached hydrogens (tertiary/aromatic N) is 1. The number of hydrogen-bond donors (Lipinski definition) is 1. The van der Waals surface area contributed by atoms with Crippen molar-refractivity contribution in [3.05, 3.63) is 35.4 Å². The van der Waals surface area contributed by atoms with Crippen molar-refractivity contribution < 1.29 is 13.6 Å². The fraction of sp³-hybridized carbons (Fsp3) is 0.500. The summed E-state index contributed by atoms with van der Waals surface area (Å²) in [5.74, 6) is -1.30. The second-order valence-corrected chi connectivity index (χ2v) is 4.96. The fourth-order valence-electron chi connectivity index (χ4n) is 2.37. The lowest BCUT2D eigenvalue weighted by Crippen LogP contribution is -2.38. The van der Waals surface area contributed by atoms with Crippen LogP contribution in [0.5, 0.6) is 0 Å². The highest BCUT2D eigenvalue weighted by Crippen LogP contribution is 2.30. The van der Waals surface area contributed by atoms with Crippen LogP contribution in [0.15, 0.2) is 18.2 Å². The van der Waals surface area contributed by atoms with Crippen LogP contribution >= 0.6 is 0 Å². The van der Waals surface area contributed by atoms with Gasteiger partial charge in [0.2, 0.25) is 5.91 Å². The van der Waals surface area contributed by atoms with Crippen molar-refractivity contribution >= 4 is 5.91 Å². The van der Waals surface area contributed by atoms with Gasteiger partial charge < -0.3 is 4.90 Å². The lowest BCUT2D eigenvalue weighted by Gasteiger charge is -2.30. The van der Waals surface area contributed by atoms with Crippen molar-refractivity contribution in [2.24, 2.45) is 0 Å². The molecule has 2 rings (SSSR count). The average molecular weight is 268 g/mol. The highest BCUT2D eigenvalue weighted by atomic mass is 19.1. The molecule has 3 nitrogen and oxygen atoms in total. The summed E-state index contributed by atoms with van der Waals surface area (Å²) in [4.78, 5) is 13.8. The third-order valence-electron chi connectivity index (χ3n) is 3.63. The Morgan fingerprint density at radius 3 is 2.68 bits per heavy atom. The molecule has 0 saturated carbocycles. The molecule has 5 heteroatoms. The number of carbonyl (C=O) groups is 1. The van der Waals surface area contributed by atoms with Crippen LogP contribution in [0.25, 0.3) is 0 Å². The minimum atomic E-state index is -0.632. The summed E-state index contributed by atoms with van der Waals surface area (Å²) < 4.78 is 26.8. The third-order valence-corrected chi connectivity index (χ3v) is 3.63. The molecule has 1 fully saturated rings. The van der Waals surface area contributed by atoms with Crippen LogP contribution < -0.4 is 5.32 Å². The number of hydrogen-bond acceptors (Lipinski definition) is 2. The Balaban J connectivity index is 2.39. The standard InChI is InChI=1S/C14H18F2N2O/c1-4-8(2)18-13(17-9(3)14(18)19)11-6-5-10(15)7-12(11)16/h5-9,13,17H,4H2,1-3H3. The molecule has 0 aliphatic carbocycles. The molecule has 0 bridgehead atoms. The lowest BCUT2D eigenvalue weighted by molar-refractivity contribution is -0.131. The maximum absolute atomic E-state index is 13.9. The van der Waals surface area contributed by atoms with Crippen LogP contribution in [0.4, 0.5) is 8.78 Å². The topological polar surface area (TPSA) is 32.3 Å². The molecule has 1 aromatic rings. The van der Waals surface area contributed by atoms with E-state index in [1.54, 1.807) is 11.8 Å². The lowest BCUT2D eigenvalue weighted by atomic mass is 10.1. The number of amides is 1. The SMILES string of the molecule is CCC(C)N1C(=O)C(C)NC1c1ccc(F)cc1F. The highest BCUT2D eigenvalue weighted by molar-refractivity contribution is 5.84. The molecule has 1 amide bonds. The summed E-state index contributed by atoms with van der Waals surface area (Å²) in [7, 11) is 0. The van der Waals surface area contributed by atoms with Crippen molar-refractivity contribution in [1.29, 1.82) is 0 Å². The van der Waals surface area contributed by atoms with E-state index in [0.29, 0.717) is 5.56 Å². The number of halogens is 2. The average Bonchev–Trinajstić information content (AvgIpc) is 2.65. The number of nitrogens with one attached hydrogen (secondary N) is 1. The van der Waals surface area contributed by atoms with E-state index in [0.717, 1.165) is 12.5 Å². The minimum Gasteiger partial charge on any atom is -0.319 e. The van der Waals surface area contributed by atoms with Crippen molar-refractivity contribution in [2.45, 2.75) is 45.4 Å². The molecule has 0 aromatic heterocycles. The molecule has 1 saturated heterocycles. The molecule has 3 atom stereocenters. The van der Waals surface area contributed by atoms with Gasteiger partial charge in [-0.2, -0.15) is 0 Å². The molecular weight excluding hydrogens is 250 g/mol. The van der Waals surface area contributed by atoms with Gasteiger partial charge in [0.15, 0.2) is 0 Å². The number of carbonyl (C=O) groups excluding carboxylic acids is 1. The summed E-state index contributed by atoms with van der Waals surface area (Å²) in [6, 6.07) is 3.09. The van der Waals surface area contributed by atoms with Gasteiger partial charge in [0.05, 0.1) is 6.04 Å². The Morgan fingerprint density at radius 1 is 1.42 bits per heavy atom. The van der Waals surface area contributed by atoms with Gasteiger partial charge in [-0.3, -0.25) is 10.1 Å². The summed E-state index contributed by atoms with van der Waals surface area (Å²) in [6.07, 6.45) is 0.248. The Bertz CT molecular complexity index is 492. The van der Waals surface area contributed by atoms with Gasteiger partial charge in [-0.15, -0.1) is 0 Å². The zero-order valence-corrected chi connectivity index (χ0v) is 11.3. The number of rotatable bonds is 3. The summed E-state index contributed by atoms with van der Waals surface area (Å²) in [6.45, 7) is 5.64. The van der Waals surface area contributed by atoms with Gasteiger partial charge in [0, 0.05) is 17.7 Å². The van der Waals surface area contributed by atoms with Gasteiger partial charge in [-0.1, -0.05) is 6.92 Å². The van der Waals surface area contributed by atoms with E-state index in [1.807, 2.05) is 13.8 Å². The molecule has 104 valence electrons. The summed E-state index contributed by atoms with van der Waals surface area (Å²) in [5, 5.41) is 3.06. The molecule has 3 unspecified atom stereocenters. The Labute approximate surface area is 111 Å². The summed E-state index contributed by atoms with van der Waals surface area (Å²) >= 11 is 0. The highest BCUT2D eigenvalue weighted by Gasteiger charge is 2.40. The second kappa shape index (κ2) is 5.25. The van der Waals surface area contributed by atoms with Crippen LogP contribution in [0, 0.1) is 11.6 Å². The van der Waals surface area contributed by atoms with Gasteiger partial charge in [-0.05, 0) is 32.4 Å². The smallest absolute Gasteiger partial charge is 0.241 e. The molecule has 19 heavy (non-hydrogen) atoms. The first-order chi connectivity index (χ1) is 8.95. The Morgan fingerprint density at radius 2 is 2.11 bits per heavy atom. The van der Waals surface area contributed by atoms with Crippen molar-refractivity contribution in [3.63, 3.8) is 0 Å². The van der Waals surface area contributed by atoms with Crippen LogP contribution in [-0.4, -0.2) is 22.9 Å². The molecular formula is C14H18F2N2O. The Kier molecular flexibility index (Phi) is 3.85. The maximum Gasteiger partial charge on any atom is 0.241 e. The van der Waals surface area contributed by atoms with Crippen molar-refractivity contribution in [2.75, 3.05) is 0 Å². The zero-order valence-electron chi connectivity index (χ0n) is 11.3. The third kappa shape index (κ3) is 2.47. The van der Waals surface area contributed by atoms with Crippen LogP contribution in [0.3, 0.4) is 0 Å². The van der Waals surface area contributed by atoms with Gasteiger partial charge >= 0.3 is 0 Å². The predicted molar refractivity (Wildman–Crippen MR) is 68.3 cm³/mol. The molecule has 1 aromatic carbocycles. The fourth-order valence-corrected chi connectivity index (χ4v) is 2.37. The van der Waals surface area contributed by atoms with Gasteiger partial charge in [-0.25, -0.2) is 8.78 Å². The van der Waals surface area contributed by atoms with Crippen LogP contribution in [-0.2, 0) is 4.79 Å². The minimum absolute atomic E-state index is 0.000553. The first-order valence-corrected chi connectivity index (χ1v) is 6.48. The predicted octanol–water partition coefficient (Wildman–Crippen LogP) is 2.58. The van der Waals surface area contributed by atoms with Crippen LogP contribution in [0.2, 0.25) is 0 Å². The monoisotopic (exact) mass is 268 g/mol. The first kappa shape index (κ1) is 13.9. The van der Waals surface area contributed by atoms with Crippen LogP contribution in [0.1, 0.15) is 38.9 Å². The molecule has 1 heterocycles. The summed E-state index contributed by atoms with van der Waals surface area (Å²) in [5.41, 5.74) is 0.305. The number of benzene rings is 1. The van der Waals surface area contributed by atoms with E-state index in [4.69, 9.17) is 0 Å². The van der Waals surface area contributed by atoms with Crippen molar-refractivity contribution in [3.8, 4) is 0 Å². The second-order valence-electron chi connectivity index (χ2n) is 4.96. The van der Waals surface area contributed by atoms with E-state index in [1.165, 1.54) is 12.1 Å². The quantitative estimate of drug-likeness (QED) is 0.914. The largest absolute Gasteiger partial charge is 0.319 e. The molecule has 1 N–H and O–H groups in total. The molecule has 0 radical (unpaired) electrons. The normalized spacial score (nSPS) is 24.9. The zero-order chi connectivity index (χ0) is 14.2.